The van der Waals surface area contributed by atoms with Gasteiger partial charge in [-0.2, -0.15) is 0 Å². The minimum Gasteiger partial charge on any atom is -0.369 e. The lowest BCUT2D eigenvalue weighted by Crippen LogP contribution is -2.47. The molecular formula is C20H31N3O2. The van der Waals surface area contributed by atoms with Gasteiger partial charge in [0.2, 0.25) is 0 Å². The van der Waals surface area contributed by atoms with Crippen LogP contribution in [0.1, 0.15) is 61.9 Å². The summed E-state index contributed by atoms with van der Waals surface area (Å²) >= 11 is 0. The molecule has 1 aromatic rings. The van der Waals surface area contributed by atoms with Crippen molar-refractivity contribution in [2.45, 2.75) is 69.1 Å². The van der Waals surface area contributed by atoms with Gasteiger partial charge in [0.15, 0.2) is 0 Å². The van der Waals surface area contributed by atoms with Crippen molar-refractivity contribution in [2.24, 2.45) is 7.05 Å². The number of carbonyl (C=O) groups excluding carboxylic acids is 1. The number of carbonyl (C=O) groups is 1. The Morgan fingerprint density at radius 3 is 2.88 bits per heavy atom. The summed E-state index contributed by atoms with van der Waals surface area (Å²) in [5, 5.41) is 3.07. The summed E-state index contributed by atoms with van der Waals surface area (Å²) in [5.41, 5.74) is 0.750. The quantitative estimate of drug-likeness (QED) is 0.913. The van der Waals surface area contributed by atoms with Crippen molar-refractivity contribution in [2.75, 3.05) is 19.6 Å². The molecule has 1 amide bonds. The Hall–Kier alpha value is -1.33. The van der Waals surface area contributed by atoms with E-state index < -0.39 is 0 Å². The van der Waals surface area contributed by atoms with E-state index in [1.54, 1.807) is 0 Å². The number of nitrogens with one attached hydrogen (secondary N) is 1. The monoisotopic (exact) mass is 345 g/mol. The molecule has 1 N–H and O–H groups in total. The van der Waals surface area contributed by atoms with Gasteiger partial charge in [0, 0.05) is 38.9 Å². The molecule has 4 rings (SSSR count). The molecule has 0 unspecified atom stereocenters. The Morgan fingerprint density at radius 1 is 1.28 bits per heavy atom. The third-order valence-electron chi connectivity index (χ3n) is 6.43. The predicted octanol–water partition coefficient (Wildman–Crippen LogP) is 2.71. The van der Waals surface area contributed by atoms with Crippen molar-refractivity contribution in [1.82, 2.24) is 14.8 Å². The van der Waals surface area contributed by atoms with Crippen LogP contribution in [0.25, 0.3) is 0 Å². The lowest BCUT2D eigenvalue weighted by molar-refractivity contribution is -0.119. The third kappa shape index (κ3) is 3.63. The van der Waals surface area contributed by atoms with Gasteiger partial charge >= 0.3 is 0 Å². The molecule has 5 heteroatoms. The van der Waals surface area contributed by atoms with Crippen LogP contribution in [0, 0.1) is 0 Å². The Morgan fingerprint density at radius 2 is 2.12 bits per heavy atom. The zero-order valence-electron chi connectivity index (χ0n) is 15.4. The van der Waals surface area contributed by atoms with Gasteiger partial charge in [-0.1, -0.05) is 12.8 Å². The summed E-state index contributed by atoms with van der Waals surface area (Å²) in [6.07, 6.45) is 12.2. The fraction of sp³-hybridized carbons (Fsp3) is 0.750. The second kappa shape index (κ2) is 7.12. The Balaban J connectivity index is 1.31. The second-order valence-corrected chi connectivity index (χ2v) is 8.19. The molecule has 1 spiro atoms. The van der Waals surface area contributed by atoms with E-state index in [2.05, 4.69) is 10.2 Å². The van der Waals surface area contributed by atoms with Crippen LogP contribution in [0.15, 0.2) is 18.3 Å². The SMILES string of the molecule is Cn1cccc1C(=O)NC[C@H]1CCC[C@]2(CCN(C3CCCC3)C2)O1. The highest BCUT2D eigenvalue weighted by Gasteiger charge is 2.44. The van der Waals surface area contributed by atoms with Gasteiger partial charge in [0.05, 0.1) is 11.7 Å². The average molecular weight is 345 g/mol. The molecule has 0 radical (unpaired) electrons. The van der Waals surface area contributed by atoms with Crippen molar-refractivity contribution in [3.63, 3.8) is 0 Å². The van der Waals surface area contributed by atoms with Gasteiger partial charge in [0.25, 0.3) is 5.91 Å². The smallest absolute Gasteiger partial charge is 0.267 e. The van der Waals surface area contributed by atoms with Crippen molar-refractivity contribution in [3.05, 3.63) is 24.0 Å². The first-order valence-corrected chi connectivity index (χ1v) is 9.97. The molecule has 1 aromatic heterocycles. The molecule has 2 atom stereocenters. The molecule has 1 saturated carbocycles. The summed E-state index contributed by atoms with van der Waals surface area (Å²) in [4.78, 5) is 15.0. The maximum Gasteiger partial charge on any atom is 0.267 e. The van der Waals surface area contributed by atoms with Crippen molar-refractivity contribution in [1.29, 1.82) is 0 Å². The van der Waals surface area contributed by atoms with E-state index in [1.165, 1.54) is 45.1 Å². The van der Waals surface area contributed by atoms with Crippen LogP contribution >= 0.6 is 0 Å². The largest absolute Gasteiger partial charge is 0.369 e. The Labute approximate surface area is 150 Å². The van der Waals surface area contributed by atoms with E-state index in [-0.39, 0.29) is 17.6 Å². The maximum absolute atomic E-state index is 12.3. The van der Waals surface area contributed by atoms with Gasteiger partial charge in [-0.15, -0.1) is 0 Å². The van der Waals surface area contributed by atoms with Crippen molar-refractivity contribution < 1.29 is 9.53 Å². The van der Waals surface area contributed by atoms with E-state index in [9.17, 15) is 4.79 Å². The third-order valence-corrected chi connectivity index (χ3v) is 6.43. The van der Waals surface area contributed by atoms with Crippen LogP contribution in [0.4, 0.5) is 0 Å². The Bertz CT molecular complexity index is 608. The fourth-order valence-electron chi connectivity index (χ4n) is 5.02. The lowest BCUT2D eigenvalue weighted by Gasteiger charge is -2.39. The zero-order chi connectivity index (χ0) is 17.3. The molecule has 138 valence electrons. The standard InChI is InChI=1S/C20H31N3O2/c1-22-12-5-9-18(22)19(24)21-14-17-8-4-10-20(25-17)11-13-23(15-20)16-6-2-3-7-16/h5,9,12,16-17H,2-4,6-8,10-11,13-15H2,1H3,(H,21,24)/t17-,20-/m1/s1. The lowest BCUT2D eigenvalue weighted by atomic mass is 9.90. The molecule has 0 bridgehead atoms. The first-order valence-electron chi connectivity index (χ1n) is 9.97. The van der Waals surface area contributed by atoms with Crippen LogP contribution in [-0.4, -0.2) is 52.8 Å². The van der Waals surface area contributed by atoms with E-state index >= 15 is 0 Å². The van der Waals surface area contributed by atoms with E-state index in [4.69, 9.17) is 4.74 Å². The van der Waals surface area contributed by atoms with Crippen LogP contribution in [0.2, 0.25) is 0 Å². The topological polar surface area (TPSA) is 46.5 Å². The van der Waals surface area contributed by atoms with Crippen LogP contribution < -0.4 is 5.32 Å². The zero-order valence-corrected chi connectivity index (χ0v) is 15.4. The van der Waals surface area contributed by atoms with Gasteiger partial charge < -0.3 is 14.6 Å². The summed E-state index contributed by atoms with van der Waals surface area (Å²) in [6.45, 7) is 2.90. The van der Waals surface area contributed by atoms with Gasteiger partial charge in [-0.05, 0) is 50.7 Å². The molecule has 1 aliphatic carbocycles. The highest BCUT2D eigenvalue weighted by atomic mass is 16.5. The van der Waals surface area contributed by atoms with Crippen LogP contribution in [0.5, 0.6) is 0 Å². The highest BCUT2D eigenvalue weighted by Crippen LogP contribution is 2.39. The normalized spacial score (nSPS) is 31.0. The Kier molecular flexibility index (Phi) is 4.87. The molecule has 0 aromatic carbocycles. The maximum atomic E-state index is 12.3. The van der Waals surface area contributed by atoms with Gasteiger partial charge in [0.1, 0.15) is 5.69 Å². The first kappa shape index (κ1) is 17.1. The minimum atomic E-state index is -0.00488. The number of hydrogen-bond acceptors (Lipinski definition) is 3. The molecule has 25 heavy (non-hydrogen) atoms. The number of amides is 1. The van der Waals surface area contributed by atoms with E-state index in [0.717, 1.165) is 25.4 Å². The average Bonchev–Trinajstić information content (AvgIpc) is 3.34. The second-order valence-electron chi connectivity index (χ2n) is 8.19. The number of ether oxygens (including phenoxy) is 1. The van der Waals surface area contributed by atoms with Crippen LogP contribution in [-0.2, 0) is 11.8 Å². The van der Waals surface area contributed by atoms with Crippen molar-refractivity contribution in [3.8, 4) is 0 Å². The number of nitrogens with zero attached hydrogens (tertiary/aromatic N) is 2. The fourth-order valence-corrected chi connectivity index (χ4v) is 5.02. The van der Waals surface area contributed by atoms with E-state index in [0.29, 0.717) is 12.2 Å². The van der Waals surface area contributed by atoms with Crippen molar-refractivity contribution >= 4 is 5.91 Å². The van der Waals surface area contributed by atoms with E-state index in [1.807, 2.05) is 29.9 Å². The molecular weight excluding hydrogens is 314 g/mol. The minimum absolute atomic E-state index is 0.00488. The molecule has 3 heterocycles. The number of aryl methyl sites for hydroxylation is 1. The molecule has 2 aliphatic heterocycles. The number of hydrogen-bond donors (Lipinski definition) is 1. The predicted molar refractivity (Wildman–Crippen MR) is 97.6 cm³/mol. The molecule has 3 fully saturated rings. The van der Waals surface area contributed by atoms with Gasteiger partial charge in [-0.25, -0.2) is 0 Å². The summed E-state index contributed by atoms with van der Waals surface area (Å²) in [5.74, 6) is -0.00488. The molecule has 2 saturated heterocycles. The number of rotatable bonds is 4. The summed E-state index contributed by atoms with van der Waals surface area (Å²) in [7, 11) is 1.90. The highest BCUT2D eigenvalue weighted by molar-refractivity contribution is 5.92. The first-order chi connectivity index (χ1) is 12.2. The number of likely N-dealkylation sites (tertiary alicyclic amines) is 1. The number of aromatic nitrogens is 1. The summed E-state index contributed by atoms with van der Waals surface area (Å²) < 4.78 is 8.42. The van der Waals surface area contributed by atoms with Gasteiger partial charge in [-0.3, -0.25) is 9.69 Å². The summed E-state index contributed by atoms with van der Waals surface area (Å²) in [6, 6.07) is 4.55. The molecule has 3 aliphatic rings. The molecule has 5 nitrogen and oxygen atoms in total. The van der Waals surface area contributed by atoms with Crippen LogP contribution in [0.3, 0.4) is 0 Å².